The molecule has 1 fully saturated rings. The summed E-state index contributed by atoms with van der Waals surface area (Å²) in [6.45, 7) is 2.41. The van der Waals surface area contributed by atoms with Crippen molar-refractivity contribution in [2.24, 2.45) is 5.92 Å². The fourth-order valence-electron chi connectivity index (χ4n) is 5.35. The van der Waals surface area contributed by atoms with E-state index >= 15 is 0 Å². The Hall–Kier alpha value is -4.67. The molecule has 6 rings (SSSR count). The van der Waals surface area contributed by atoms with Crippen molar-refractivity contribution in [3.05, 3.63) is 105 Å². The van der Waals surface area contributed by atoms with Gasteiger partial charge in [0.25, 0.3) is 11.9 Å². The predicted molar refractivity (Wildman–Crippen MR) is 166 cm³/mol. The maximum absolute atomic E-state index is 12.8. The monoisotopic (exact) mass is 614 g/mol. The lowest BCUT2D eigenvalue weighted by atomic mass is 9.89. The largest absolute Gasteiger partial charge is 0.481 e. The fraction of sp³-hybridized carbons (Fsp3) is 0.188. The molecule has 2 unspecified atom stereocenters. The summed E-state index contributed by atoms with van der Waals surface area (Å²) >= 11 is 7.65. The van der Waals surface area contributed by atoms with E-state index in [0.717, 1.165) is 22.4 Å². The predicted octanol–water partition coefficient (Wildman–Crippen LogP) is 6.72. The molecule has 0 aliphatic carbocycles. The molecule has 9 nitrogen and oxygen atoms in total. The number of nitrogens with zero attached hydrogens (tertiary/aromatic N) is 2. The number of aromatic nitrogens is 1. The molecule has 3 aromatic carbocycles. The maximum Gasteiger partial charge on any atom is 0.308 e. The van der Waals surface area contributed by atoms with Crippen molar-refractivity contribution in [2.45, 2.75) is 19.3 Å². The molecule has 0 saturated carbocycles. The first kappa shape index (κ1) is 28.4. The lowest BCUT2D eigenvalue weighted by Gasteiger charge is -2.16. The number of para-hydroxylation sites is 1. The zero-order valence-corrected chi connectivity index (χ0v) is 24.6. The van der Waals surface area contributed by atoms with Crippen LogP contribution in [0.2, 0.25) is 5.02 Å². The van der Waals surface area contributed by atoms with Gasteiger partial charge in [-0.2, -0.15) is 4.98 Å². The molecule has 43 heavy (non-hydrogen) atoms. The quantitative estimate of drug-likeness (QED) is 0.177. The molecular formula is C32H27ClN4O5S. The van der Waals surface area contributed by atoms with Crippen LogP contribution in [-0.2, 0) is 16.0 Å². The van der Waals surface area contributed by atoms with Gasteiger partial charge >= 0.3 is 5.97 Å². The van der Waals surface area contributed by atoms with Crippen LogP contribution in [0.4, 0.5) is 17.4 Å². The van der Waals surface area contributed by atoms with Gasteiger partial charge in [-0.3, -0.25) is 14.4 Å². The molecule has 5 aromatic rings. The Bertz CT molecular complexity index is 1800. The highest BCUT2D eigenvalue weighted by atomic mass is 35.5. The molecule has 1 aliphatic heterocycles. The van der Waals surface area contributed by atoms with E-state index in [0.29, 0.717) is 39.2 Å². The topological polar surface area (TPSA) is 125 Å². The number of carbonyl (C=O) groups is 3. The first-order chi connectivity index (χ1) is 20.7. The third-order valence-electron chi connectivity index (χ3n) is 7.55. The molecule has 218 valence electrons. The van der Waals surface area contributed by atoms with Crippen LogP contribution in [0.15, 0.2) is 82.6 Å². The number of carboxylic acids is 1. The number of aryl methyl sites for hydroxylation is 1. The Balaban J connectivity index is 1.09. The van der Waals surface area contributed by atoms with E-state index in [2.05, 4.69) is 15.6 Å². The normalized spacial score (nSPS) is 16.4. The van der Waals surface area contributed by atoms with Crippen LogP contribution < -0.4 is 10.6 Å². The number of fused-ring (bicyclic) bond motifs is 1. The van der Waals surface area contributed by atoms with Crippen molar-refractivity contribution in [2.75, 3.05) is 23.7 Å². The fourth-order valence-corrected chi connectivity index (χ4v) is 6.31. The van der Waals surface area contributed by atoms with Gasteiger partial charge in [-0.1, -0.05) is 48.0 Å². The Morgan fingerprint density at radius 1 is 1.07 bits per heavy atom. The molecule has 3 N–H and O–H groups in total. The number of oxazole rings is 1. The highest BCUT2D eigenvalue weighted by Gasteiger charge is 2.40. The van der Waals surface area contributed by atoms with Crippen LogP contribution in [0.25, 0.3) is 11.1 Å². The van der Waals surface area contributed by atoms with Crippen LogP contribution in [0.5, 0.6) is 0 Å². The number of hydrogen-bond acceptors (Lipinski definition) is 7. The number of carbonyl (C=O) groups excluding carboxylic acids is 2. The minimum atomic E-state index is -0.936. The number of rotatable bonds is 8. The lowest BCUT2D eigenvalue weighted by Crippen LogP contribution is -2.29. The molecule has 0 radical (unpaired) electrons. The molecule has 2 aromatic heterocycles. The Morgan fingerprint density at radius 3 is 2.60 bits per heavy atom. The van der Waals surface area contributed by atoms with E-state index in [1.165, 1.54) is 11.3 Å². The van der Waals surface area contributed by atoms with Crippen LogP contribution in [0.3, 0.4) is 0 Å². The number of anilines is 3. The number of carboxylic acid groups (broad SMARTS) is 1. The maximum atomic E-state index is 12.8. The van der Waals surface area contributed by atoms with Gasteiger partial charge in [-0.15, -0.1) is 11.3 Å². The number of benzene rings is 3. The second-order valence-electron chi connectivity index (χ2n) is 10.5. The summed E-state index contributed by atoms with van der Waals surface area (Å²) in [7, 11) is 0. The van der Waals surface area contributed by atoms with Crippen LogP contribution in [0, 0.1) is 12.8 Å². The van der Waals surface area contributed by atoms with E-state index < -0.39 is 11.9 Å². The van der Waals surface area contributed by atoms with Gasteiger partial charge in [0.1, 0.15) is 5.52 Å². The summed E-state index contributed by atoms with van der Waals surface area (Å²) in [5, 5.41) is 18.2. The SMILES string of the molecule is Cc1cccc(Cl)c1Nc1nc2ccc(CC(=O)Nc3ccc(C4CN(C(=O)c5cccs5)CC4C(=O)O)cc3)cc2o1. The van der Waals surface area contributed by atoms with Gasteiger partial charge in [-0.25, -0.2) is 0 Å². The van der Waals surface area contributed by atoms with Crippen molar-refractivity contribution >= 4 is 69.2 Å². The lowest BCUT2D eigenvalue weighted by molar-refractivity contribution is -0.141. The molecule has 0 bridgehead atoms. The van der Waals surface area contributed by atoms with Crippen molar-refractivity contribution in [3.63, 3.8) is 0 Å². The third-order valence-corrected chi connectivity index (χ3v) is 8.72. The summed E-state index contributed by atoms with van der Waals surface area (Å²) in [5.41, 5.74) is 5.01. The van der Waals surface area contributed by atoms with Crippen molar-refractivity contribution in [3.8, 4) is 0 Å². The summed E-state index contributed by atoms with van der Waals surface area (Å²) in [4.78, 5) is 44.3. The highest BCUT2D eigenvalue weighted by Crippen LogP contribution is 2.35. The summed E-state index contributed by atoms with van der Waals surface area (Å²) in [5.74, 6) is -2.36. The van der Waals surface area contributed by atoms with Gasteiger partial charge < -0.3 is 25.1 Å². The zero-order valence-electron chi connectivity index (χ0n) is 23.0. The number of aliphatic carboxylic acids is 1. The summed E-state index contributed by atoms with van der Waals surface area (Å²) < 4.78 is 5.87. The Kier molecular flexibility index (Phi) is 7.88. The minimum Gasteiger partial charge on any atom is -0.481 e. The number of hydrogen-bond donors (Lipinski definition) is 3. The van der Waals surface area contributed by atoms with Gasteiger partial charge in [-0.05, 0) is 65.4 Å². The number of nitrogens with one attached hydrogen (secondary N) is 2. The first-order valence-corrected chi connectivity index (χ1v) is 14.9. The van der Waals surface area contributed by atoms with E-state index in [1.54, 1.807) is 47.4 Å². The van der Waals surface area contributed by atoms with Crippen LogP contribution in [-0.4, -0.2) is 45.9 Å². The van der Waals surface area contributed by atoms with Gasteiger partial charge in [0, 0.05) is 24.7 Å². The molecule has 11 heteroatoms. The van der Waals surface area contributed by atoms with Gasteiger partial charge in [0.15, 0.2) is 5.58 Å². The van der Waals surface area contributed by atoms with Crippen LogP contribution >= 0.6 is 22.9 Å². The molecule has 2 atom stereocenters. The smallest absolute Gasteiger partial charge is 0.308 e. The van der Waals surface area contributed by atoms with Crippen molar-refractivity contribution < 1.29 is 23.9 Å². The van der Waals surface area contributed by atoms with E-state index in [1.807, 2.05) is 42.6 Å². The zero-order chi connectivity index (χ0) is 30.1. The Labute approximate surface area is 256 Å². The van der Waals surface area contributed by atoms with Gasteiger partial charge in [0.05, 0.1) is 27.9 Å². The number of thiophene rings is 1. The summed E-state index contributed by atoms with van der Waals surface area (Å²) in [6, 6.07) is 22.0. The molecule has 1 aliphatic rings. The molecular weight excluding hydrogens is 588 g/mol. The second-order valence-corrected chi connectivity index (χ2v) is 11.8. The van der Waals surface area contributed by atoms with Crippen molar-refractivity contribution in [1.82, 2.24) is 9.88 Å². The van der Waals surface area contributed by atoms with Crippen molar-refractivity contribution in [1.29, 1.82) is 0 Å². The average Bonchev–Trinajstić information content (AvgIpc) is 3.75. The van der Waals surface area contributed by atoms with E-state index in [9.17, 15) is 19.5 Å². The first-order valence-electron chi connectivity index (χ1n) is 13.6. The number of amides is 2. The second kappa shape index (κ2) is 11.9. The molecule has 3 heterocycles. The molecule has 2 amide bonds. The summed E-state index contributed by atoms with van der Waals surface area (Å²) in [6.07, 6.45) is 0.119. The standard InChI is InChI=1S/C32H27ClN4O5S/c1-18-4-2-5-24(33)29(18)36-32-35-25-12-7-19(14-26(25)42-32)15-28(38)34-21-10-8-20(9-11-21)22-16-37(17-23(22)31(40)41)30(39)27-6-3-13-43-27/h2-14,22-23H,15-17H2,1H3,(H,34,38)(H,35,36)(H,40,41). The van der Waals surface area contributed by atoms with E-state index in [4.69, 9.17) is 16.0 Å². The Morgan fingerprint density at radius 2 is 1.88 bits per heavy atom. The third kappa shape index (κ3) is 6.11. The molecule has 0 spiro atoms. The highest BCUT2D eigenvalue weighted by molar-refractivity contribution is 7.12. The number of likely N-dealkylation sites (tertiary alicyclic amines) is 1. The van der Waals surface area contributed by atoms with Gasteiger partial charge in [0.2, 0.25) is 5.91 Å². The van der Waals surface area contributed by atoms with E-state index in [-0.39, 0.29) is 30.7 Å². The average molecular weight is 615 g/mol. The minimum absolute atomic E-state index is 0.119. The number of halogens is 1. The van der Waals surface area contributed by atoms with Crippen LogP contribution in [0.1, 0.15) is 32.3 Å². The molecule has 1 saturated heterocycles.